The minimum absolute atomic E-state index is 0.00454. The van der Waals surface area contributed by atoms with Gasteiger partial charge in [0.15, 0.2) is 0 Å². The minimum Gasteiger partial charge on any atom is -0.508 e. The maximum Gasteiger partial charge on any atom is 0.326 e. The molecule has 10 N–H and O–H groups in total. The molecule has 0 aliphatic carbocycles. The number of carboxylic acid groups (broad SMARTS) is 1. The van der Waals surface area contributed by atoms with Crippen LogP contribution in [0.3, 0.4) is 0 Å². The Bertz CT molecular complexity index is 1090. The molecule has 4 atom stereocenters. The molecule has 0 saturated carbocycles. The third kappa shape index (κ3) is 11.0. The Morgan fingerprint density at radius 3 is 2.08 bits per heavy atom. The van der Waals surface area contributed by atoms with Gasteiger partial charge in [-0.25, -0.2) is 9.78 Å². The largest absolute Gasteiger partial charge is 0.508 e. The van der Waals surface area contributed by atoms with Crippen LogP contribution >= 0.6 is 0 Å². The molecule has 0 radical (unpaired) electrons. The van der Waals surface area contributed by atoms with Gasteiger partial charge < -0.3 is 42.6 Å². The van der Waals surface area contributed by atoms with E-state index < -0.39 is 47.9 Å². The van der Waals surface area contributed by atoms with Gasteiger partial charge in [0.05, 0.1) is 12.4 Å². The standard InChI is InChI=1S/C27H41N7O6/c1-16(2)11-20(29)24(36)33-23(13-18-14-30-15-31-18)26(38)34-22(12-17-6-8-19(35)9-7-17)25(37)32-21(27(39)40)5-3-4-10-28/h6-9,14-16,20-23,35H,3-5,10-13,28-29H2,1-2H3,(H,30,31)(H,32,37)(H,33,36)(H,34,38)(H,39,40). The lowest BCUT2D eigenvalue weighted by molar-refractivity contribution is -0.142. The van der Waals surface area contributed by atoms with Gasteiger partial charge in [0.2, 0.25) is 17.7 Å². The van der Waals surface area contributed by atoms with E-state index in [-0.39, 0.29) is 30.9 Å². The van der Waals surface area contributed by atoms with Gasteiger partial charge in [-0.2, -0.15) is 0 Å². The van der Waals surface area contributed by atoms with E-state index >= 15 is 0 Å². The molecule has 13 nitrogen and oxygen atoms in total. The monoisotopic (exact) mass is 559 g/mol. The number of imidazole rings is 1. The summed E-state index contributed by atoms with van der Waals surface area (Å²) in [6, 6.07) is 1.77. The number of benzene rings is 1. The summed E-state index contributed by atoms with van der Waals surface area (Å²) in [5.74, 6) is -2.90. The molecular weight excluding hydrogens is 518 g/mol. The molecule has 3 amide bonds. The number of aromatic hydroxyl groups is 1. The molecule has 0 fully saturated rings. The zero-order chi connectivity index (χ0) is 29.7. The molecule has 220 valence electrons. The number of amides is 3. The Kier molecular flexibility index (Phi) is 13.1. The lowest BCUT2D eigenvalue weighted by Crippen LogP contribution is -2.58. The first-order valence-electron chi connectivity index (χ1n) is 13.3. The number of hydrogen-bond donors (Lipinski definition) is 8. The number of hydrogen-bond acceptors (Lipinski definition) is 8. The van der Waals surface area contributed by atoms with E-state index in [2.05, 4.69) is 25.9 Å². The number of carbonyl (C=O) groups is 4. The van der Waals surface area contributed by atoms with Crippen LogP contribution in [0.4, 0.5) is 0 Å². The lowest BCUT2D eigenvalue weighted by Gasteiger charge is -2.25. The van der Waals surface area contributed by atoms with Crippen molar-refractivity contribution in [2.75, 3.05) is 6.54 Å². The number of aromatic amines is 1. The number of H-pyrrole nitrogens is 1. The summed E-state index contributed by atoms with van der Waals surface area (Å²) in [5.41, 5.74) is 12.7. The van der Waals surface area contributed by atoms with Gasteiger partial charge in [0.25, 0.3) is 0 Å². The summed E-state index contributed by atoms with van der Waals surface area (Å²) in [6.07, 6.45) is 4.69. The van der Waals surface area contributed by atoms with Gasteiger partial charge in [-0.3, -0.25) is 14.4 Å². The molecule has 1 heterocycles. The van der Waals surface area contributed by atoms with Crippen LogP contribution in [-0.2, 0) is 32.0 Å². The molecule has 0 aliphatic rings. The SMILES string of the molecule is CC(C)CC(N)C(=O)NC(Cc1cnc[nH]1)C(=O)NC(Cc1ccc(O)cc1)C(=O)NC(CCCCN)C(=O)O. The van der Waals surface area contributed by atoms with Gasteiger partial charge in [0.1, 0.15) is 23.9 Å². The fourth-order valence-corrected chi connectivity index (χ4v) is 4.09. The maximum absolute atomic E-state index is 13.5. The van der Waals surface area contributed by atoms with Crippen LogP contribution in [0.1, 0.15) is 50.8 Å². The van der Waals surface area contributed by atoms with Crippen molar-refractivity contribution in [1.29, 1.82) is 0 Å². The highest BCUT2D eigenvalue weighted by Crippen LogP contribution is 2.13. The molecule has 0 bridgehead atoms. The Hall–Kier alpha value is -3.97. The van der Waals surface area contributed by atoms with E-state index in [4.69, 9.17) is 11.5 Å². The van der Waals surface area contributed by atoms with Gasteiger partial charge in [-0.1, -0.05) is 26.0 Å². The van der Waals surface area contributed by atoms with E-state index in [0.717, 1.165) is 0 Å². The summed E-state index contributed by atoms with van der Waals surface area (Å²) in [4.78, 5) is 58.2. The number of phenolic OH excluding ortho intramolecular Hbond substituents is 1. The van der Waals surface area contributed by atoms with Crippen molar-refractivity contribution in [2.45, 2.75) is 76.5 Å². The Morgan fingerprint density at radius 1 is 0.925 bits per heavy atom. The smallest absolute Gasteiger partial charge is 0.326 e. The first-order chi connectivity index (χ1) is 19.0. The number of carboxylic acids is 1. The van der Waals surface area contributed by atoms with Gasteiger partial charge in [-0.05, 0) is 55.8 Å². The Balaban J connectivity index is 2.27. The number of aliphatic carboxylic acids is 1. The third-order valence-electron chi connectivity index (χ3n) is 6.24. The fraction of sp³-hybridized carbons (Fsp3) is 0.519. The number of carbonyl (C=O) groups excluding carboxylic acids is 3. The van der Waals surface area contributed by atoms with E-state index in [1.54, 1.807) is 12.1 Å². The highest BCUT2D eigenvalue weighted by molar-refractivity contribution is 5.94. The predicted molar refractivity (Wildman–Crippen MR) is 148 cm³/mol. The Morgan fingerprint density at radius 2 is 1.52 bits per heavy atom. The number of nitrogens with zero attached hydrogens (tertiary/aromatic N) is 1. The molecular formula is C27H41N7O6. The van der Waals surface area contributed by atoms with Crippen molar-refractivity contribution >= 4 is 23.7 Å². The van der Waals surface area contributed by atoms with Gasteiger partial charge in [0, 0.05) is 24.7 Å². The summed E-state index contributed by atoms with van der Waals surface area (Å²) >= 11 is 0. The zero-order valence-corrected chi connectivity index (χ0v) is 22.9. The first-order valence-corrected chi connectivity index (χ1v) is 13.3. The number of phenols is 1. The third-order valence-corrected chi connectivity index (χ3v) is 6.24. The number of aromatic nitrogens is 2. The summed E-state index contributed by atoms with van der Waals surface area (Å²) in [6.45, 7) is 4.24. The molecule has 13 heteroatoms. The van der Waals surface area contributed by atoms with Crippen LogP contribution in [0.2, 0.25) is 0 Å². The van der Waals surface area contributed by atoms with Crippen LogP contribution in [0.25, 0.3) is 0 Å². The van der Waals surface area contributed by atoms with Crippen molar-refractivity contribution in [3.63, 3.8) is 0 Å². The quantitative estimate of drug-likeness (QED) is 0.121. The van der Waals surface area contributed by atoms with Crippen LogP contribution in [0.5, 0.6) is 5.75 Å². The van der Waals surface area contributed by atoms with Crippen molar-refractivity contribution < 1.29 is 29.4 Å². The van der Waals surface area contributed by atoms with Crippen LogP contribution in [0, 0.1) is 5.92 Å². The van der Waals surface area contributed by atoms with Crippen molar-refractivity contribution in [3.05, 3.63) is 48.0 Å². The molecule has 0 saturated heterocycles. The van der Waals surface area contributed by atoms with Gasteiger partial charge >= 0.3 is 5.97 Å². The average molecular weight is 560 g/mol. The Labute approximate surface area is 233 Å². The number of unbranched alkanes of at least 4 members (excludes halogenated alkanes) is 1. The molecule has 2 rings (SSSR count). The van der Waals surface area contributed by atoms with Crippen molar-refractivity contribution in [2.24, 2.45) is 17.4 Å². The second-order valence-electron chi connectivity index (χ2n) is 10.2. The van der Waals surface area contributed by atoms with E-state index in [1.165, 1.54) is 24.7 Å². The van der Waals surface area contributed by atoms with E-state index in [9.17, 15) is 29.4 Å². The summed E-state index contributed by atoms with van der Waals surface area (Å²) in [7, 11) is 0. The molecule has 0 aliphatic heterocycles. The molecule has 40 heavy (non-hydrogen) atoms. The molecule has 1 aromatic carbocycles. The fourth-order valence-electron chi connectivity index (χ4n) is 4.09. The number of rotatable bonds is 17. The topological polar surface area (TPSA) is 226 Å². The molecule has 4 unspecified atom stereocenters. The number of nitrogens with two attached hydrogens (primary N) is 2. The average Bonchev–Trinajstić information content (AvgIpc) is 3.41. The minimum atomic E-state index is -1.20. The summed E-state index contributed by atoms with van der Waals surface area (Å²) in [5, 5.41) is 27.1. The van der Waals surface area contributed by atoms with E-state index in [0.29, 0.717) is 37.1 Å². The molecule has 2 aromatic rings. The maximum atomic E-state index is 13.5. The van der Waals surface area contributed by atoms with Crippen molar-refractivity contribution in [1.82, 2.24) is 25.9 Å². The van der Waals surface area contributed by atoms with E-state index in [1.807, 2.05) is 13.8 Å². The first kappa shape index (κ1) is 32.2. The van der Waals surface area contributed by atoms with Crippen LogP contribution in [0.15, 0.2) is 36.8 Å². The zero-order valence-electron chi connectivity index (χ0n) is 22.9. The van der Waals surface area contributed by atoms with Gasteiger partial charge in [-0.15, -0.1) is 0 Å². The predicted octanol–water partition coefficient (Wildman–Crippen LogP) is -0.0581. The second-order valence-corrected chi connectivity index (χ2v) is 10.2. The lowest BCUT2D eigenvalue weighted by atomic mass is 10.0. The highest BCUT2D eigenvalue weighted by atomic mass is 16.4. The molecule has 0 spiro atoms. The summed E-state index contributed by atoms with van der Waals surface area (Å²) < 4.78 is 0. The van der Waals surface area contributed by atoms with Crippen LogP contribution in [-0.4, -0.2) is 74.6 Å². The van der Waals surface area contributed by atoms with Crippen molar-refractivity contribution in [3.8, 4) is 5.75 Å². The number of nitrogens with one attached hydrogen (secondary N) is 4. The molecule has 1 aromatic heterocycles. The highest BCUT2D eigenvalue weighted by Gasteiger charge is 2.31. The second kappa shape index (κ2) is 16.2. The normalized spacial score (nSPS) is 14.1. The van der Waals surface area contributed by atoms with Crippen LogP contribution < -0.4 is 27.4 Å².